The molecule has 1 aromatic carbocycles. The van der Waals surface area contributed by atoms with E-state index in [1.807, 2.05) is 19.1 Å². The van der Waals surface area contributed by atoms with Crippen LogP contribution in [0.4, 0.5) is 11.4 Å². The number of carbonyl (C=O) groups excluding carboxylic acids is 1. The molecular formula is C16H24N4O. The third-order valence-corrected chi connectivity index (χ3v) is 3.39. The zero-order valence-corrected chi connectivity index (χ0v) is 13.0. The molecule has 114 valence electrons. The highest BCUT2D eigenvalue weighted by Crippen LogP contribution is 2.17. The van der Waals surface area contributed by atoms with Gasteiger partial charge in [-0.1, -0.05) is 0 Å². The second kappa shape index (κ2) is 8.28. The summed E-state index contributed by atoms with van der Waals surface area (Å²) in [5.74, 6) is -0.0227. The number of anilines is 2. The molecule has 0 saturated heterocycles. The highest BCUT2D eigenvalue weighted by molar-refractivity contribution is 5.91. The van der Waals surface area contributed by atoms with Crippen LogP contribution in [0.15, 0.2) is 18.2 Å². The lowest BCUT2D eigenvalue weighted by Crippen LogP contribution is -2.34. The number of nitrogen functional groups attached to an aromatic ring is 1. The molecule has 0 aromatic heterocycles. The van der Waals surface area contributed by atoms with Crippen molar-refractivity contribution in [3.05, 3.63) is 23.8 Å². The Morgan fingerprint density at radius 3 is 2.71 bits per heavy atom. The molecule has 1 amide bonds. The smallest absolute Gasteiger partial charge is 0.225 e. The summed E-state index contributed by atoms with van der Waals surface area (Å²) >= 11 is 0. The molecule has 0 fully saturated rings. The van der Waals surface area contributed by atoms with Crippen molar-refractivity contribution in [2.45, 2.75) is 39.7 Å². The largest absolute Gasteiger partial charge is 0.399 e. The lowest BCUT2D eigenvalue weighted by molar-refractivity contribution is -0.116. The van der Waals surface area contributed by atoms with Gasteiger partial charge in [0.25, 0.3) is 0 Å². The van der Waals surface area contributed by atoms with Crippen molar-refractivity contribution in [2.24, 2.45) is 0 Å². The topological polar surface area (TPSA) is 82.2 Å². The van der Waals surface area contributed by atoms with Crippen molar-refractivity contribution in [1.29, 1.82) is 5.26 Å². The Morgan fingerprint density at radius 2 is 2.14 bits per heavy atom. The van der Waals surface area contributed by atoms with Crippen LogP contribution in [0, 0.1) is 18.3 Å². The summed E-state index contributed by atoms with van der Waals surface area (Å²) in [5.41, 5.74) is 8.12. The van der Waals surface area contributed by atoms with Gasteiger partial charge in [0.1, 0.15) is 0 Å². The maximum absolute atomic E-state index is 12.0. The van der Waals surface area contributed by atoms with Crippen LogP contribution in [0.3, 0.4) is 0 Å². The van der Waals surface area contributed by atoms with Crippen molar-refractivity contribution in [3.63, 3.8) is 0 Å². The van der Waals surface area contributed by atoms with Crippen molar-refractivity contribution < 1.29 is 4.79 Å². The lowest BCUT2D eigenvalue weighted by atomic mass is 10.1. The van der Waals surface area contributed by atoms with E-state index in [1.165, 1.54) is 0 Å². The van der Waals surface area contributed by atoms with Crippen LogP contribution in [0.1, 0.15) is 32.3 Å². The number of benzene rings is 1. The van der Waals surface area contributed by atoms with E-state index in [-0.39, 0.29) is 5.91 Å². The minimum Gasteiger partial charge on any atom is -0.399 e. The molecule has 0 heterocycles. The summed E-state index contributed by atoms with van der Waals surface area (Å²) in [6.45, 7) is 7.40. The first kappa shape index (κ1) is 17.0. The number of aryl methyl sites for hydroxylation is 1. The third kappa shape index (κ3) is 5.84. The minimum absolute atomic E-state index is 0.0227. The Morgan fingerprint density at radius 1 is 1.43 bits per heavy atom. The van der Waals surface area contributed by atoms with E-state index in [0.29, 0.717) is 37.7 Å². The Bertz CT molecular complexity index is 519. The quantitative estimate of drug-likeness (QED) is 0.755. The van der Waals surface area contributed by atoms with Gasteiger partial charge in [0.15, 0.2) is 0 Å². The van der Waals surface area contributed by atoms with Gasteiger partial charge in [-0.05, 0) is 44.5 Å². The van der Waals surface area contributed by atoms with Crippen LogP contribution in [-0.4, -0.2) is 29.9 Å². The molecule has 21 heavy (non-hydrogen) atoms. The Kier molecular flexibility index (Phi) is 6.70. The second-order valence-corrected chi connectivity index (χ2v) is 5.41. The molecule has 0 aliphatic rings. The Labute approximate surface area is 126 Å². The molecule has 0 aliphatic heterocycles. The predicted octanol–water partition coefficient (Wildman–Crippen LogP) is 2.53. The molecule has 0 radical (unpaired) electrons. The van der Waals surface area contributed by atoms with Crippen molar-refractivity contribution in [1.82, 2.24) is 4.90 Å². The average molecular weight is 288 g/mol. The molecule has 3 N–H and O–H groups in total. The van der Waals surface area contributed by atoms with Crippen molar-refractivity contribution >= 4 is 17.3 Å². The van der Waals surface area contributed by atoms with E-state index in [1.54, 1.807) is 6.07 Å². The number of nitrogens with two attached hydrogens (primary N) is 1. The number of carbonyl (C=O) groups is 1. The predicted molar refractivity (Wildman–Crippen MR) is 85.8 cm³/mol. The maximum Gasteiger partial charge on any atom is 0.225 e. The second-order valence-electron chi connectivity index (χ2n) is 5.41. The van der Waals surface area contributed by atoms with Gasteiger partial charge in [-0.2, -0.15) is 5.26 Å². The third-order valence-electron chi connectivity index (χ3n) is 3.39. The highest BCUT2D eigenvalue weighted by Gasteiger charge is 2.12. The fourth-order valence-electron chi connectivity index (χ4n) is 2.11. The van der Waals surface area contributed by atoms with Gasteiger partial charge in [-0.15, -0.1) is 0 Å². The van der Waals surface area contributed by atoms with E-state index in [4.69, 9.17) is 11.0 Å². The van der Waals surface area contributed by atoms with Gasteiger partial charge in [0.05, 0.1) is 6.07 Å². The molecule has 0 saturated carbocycles. The molecule has 1 aromatic rings. The highest BCUT2D eigenvalue weighted by atomic mass is 16.1. The monoisotopic (exact) mass is 288 g/mol. The lowest BCUT2D eigenvalue weighted by Gasteiger charge is -2.25. The number of nitriles is 1. The van der Waals surface area contributed by atoms with Crippen LogP contribution in [-0.2, 0) is 4.79 Å². The SMILES string of the molecule is Cc1cc(N)ccc1NC(=O)CCN(CCC#N)C(C)C. The number of hydrogen-bond acceptors (Lipinski definition) is 4. The fourth-order valence-corrected chi connectivity index (χ4v) is 2.11. The number of nitrogens with zero attached hydrogens (tertiary/aromatic N) is 2. The minimum atomic E-state index is -0.0227. The average Bonchev–Trinajstić information content (AvgIpc) is 2.41. The van der Waals surface area contributed by atoms with Crippen LogP contribution in [0.5, 0.6) is 0 Å². The van der Waals surface area contributed by atoms with Gasteiger partial charge in [0, 0.05) is 43.3 Å². The summed E-state index contributed by atoms with van der Waals surface area (Å²) in [7, 11) is 0. The molecule has 0 spiro atoms. The zero-order valence-electron chi connectivity index (χ0n) is 13.0. The zero-order chi connectivity index (χ0) is 15.8. The summed E-state index contributed by atoms with van der Waals surface area (Å²) < 4.78 is 0. The van der Waals surface area contributed by atoms with E-state index in [9.17, 15) is 4.79 Å². The van der Waals surface area contributed by atoms with Gasteiger partial charge < -0.3 is 11.1 Å². The van der Waals surface area contributed by atoms with Gasteiger partial charge in [0.2, 0.25) is 5.91 Å². The van der Waals surface area contributed by atoms with Gasteiger partial charge in [-0.25, -0.2) is 0 Å². The van der Waals surface area contributed by atoms with Crippen LogP contribution in [0.25, 0.3) is 0 Å². The summed E-state index contributed by atoms with van der Waals surface area (Å²) in [5, 5.41) is 11.6. The van der Waals surface area contributed by atoms with Crippen molar-refractivity contribution in [3.8, 4) is 6.07 Å². The first-order valence-electron chi connectivity index (χ1n) is 7.21. The maximum atomic E-state index is 12.0. The molecule has 1 rings (SSSR count). The van der Waals surface area contributed by atoms with Crippen LogP contribution >= 0.6 is 0 Å². The van der Waals surface area contributed by atoms with E-state index < -0.39 is 0 Å². The first-order chi connectivity index (χ1) is 9.93. The molecule has 5 heteroatoms. The van der Waals surface area contributed by atoms with Gasteiger partial charge >= 0.3 is 0 Å². The van der Waals surface area contributed by atoms with E-state index in [2.05, 4.69) is 30.1 Å². The van der Waals surface area contributed by atoms with Gasteiger partial charge in [-0.3, -0.25) is 9.69 Å². The molecular weight excluding hydrogens is 264 g/mol. The number of hydrogen-bond donors (Lipinski definition) is 2. The molecule has 0 bridgehead atoms. The number of amides is 1. The van der Waals surface area contributed by atoms with E-state index in [0.717, 1.165) is 11.3 Å². The Hall–Kier alpha value is -2.06. The number of rotatable bonds is 7. The summed E-state index contributed by atoms with van der Waals surface area (Å²) in [6.07, 6.45) is 0.893. The molecule has 0 atom stereocenters. The summed E-state index contributed by atoms with van der Waals surface area (Å²) in [4.78, 5) is 14.2. The molecule has 0 unspecified atom stereocenters. The van der Waals surface area contributed by atoms with Crippen LogP contribution in [0.2, 0.25) is 0 Å². The first-order valence-corrected chi connectivity index (χ1v) is 7.21. The van der Waals surface area contributed by atoms with E-state index >= 15 is 0 Å². The fraction of sp³-hybridized carbons (Fsp3) is 0.500. The molecule has 0 aliphatic carbocycles. The Balaban J connectivity index is 2.51. The van der Waals surface area contributed by atoms with Crippen LogP contribution < -0.4 is 11.1 Å². The summed E-state index contributed by atoms with van der Waals surface area (Å²) in [6, 6.07) is 7.89. The molecule has 5 nitrogen and oxygen atoms in total. The standard InChI is InChI=1S/C16H24N4O/c1-12(2)20(9-4-8-17)10-7-16(21)19-15-6-5-14(18)11-13(15)3/h5-6,11-12H,4,7,9-10,18H2,1-3H3,(H,19,21). The normalized spacial score (nSPS) is 10.7. The number of nitrogens with one attached hydrogen (secondary N) is 1. The van der Waals surface area contributed by atoms with Crippen molar-refractivity contribution in [2.75, 3.05) is 24.1 Å².